The van der Waals surface area contributed by atoms with Crippen molar-refractivity contribution in [3.05, 3.63) is 34.1 Å². The van der Waals surface area contributed by atoms with Crippen molar-refractivity contribution in [3.63, 3.8) is 0 Å². The van der Waals surface area contributed by atoms with E-state index >= 15 is 0 Å². The van der Waals surface area contributed by atoms with E-state index in [0.29, 0.717) is 16.5 Å². The first kappa shape index (κ1) is 12.4. The molecule has 0 aliphatic heterocycles. The van der Waals surface area contributed by atoms with Crippen LogP contribution in [0.3, 0.4) is 0 Å². The lowest BCUT2D eigenvalue weighted by molar-refractivity contribution is 0.0978. The van der Waals surface area contributed by atoms with Gasteiger partial charge in [0, 0.05) is 16.5 Å². The van der Waals surface area contributed by atoms with Gasteiger partial charge in [-0.15, -0.1) is 0 Å². The first-order valence-corrected chi connectivity index (χ1v) is 5.92. The second-order valence-electron chi connectivity index (χ2n) is 3.50. The molecule has 0 N–H and O–H groups in total. The van der Waals surface area contributed by atoms with Gasteiger partial charge in [0.15, 0.2) is 5.78 Å². The lowest BCUT2D eigenvalue weighted by Gasteiger charge is -2.03. The number of benzene rings is 1. The van der Waals surface area contributed by atoms with Gasteiger partial charge in [0.1, 0.15) is 5.82 Å². The minimum Gasteiger partial charge on any atom is -0.294 e. The monoisotopic (exact) mass is 272 g/mol. The maximum absolute atomic E-state index is 12.9. The highest BCUT2D eigenvalue weighted by molar-refractivity contribution is 9.10. The van der Waals surface area contributed by atoms with Gasteiger partial charge in [-0.25, -0.2) is 4.39 Å². The fraction of sp³-hybridized carbons (Fsp3) is 0.417. The Hall–Kier alpha value is -0.700. The van der Waals surface area contributed by atoms with Gasteiger partial charge < -0.3 is 0 Å². The Bertz CT molecular complexity index is 349. The average Bonchev–Trinajstić information content (AvgIpc) is 2.22. The molecule has 0 aliphatic carbocycles. The van der Waals surface area contributed by atoms with Gasteiger partial charge in [-0.2, -0.15) is 0 Å². The van der Waals surface area contributed by atoms with Crippen molar-refractivity contribution < 1.29 is 9.18 Å². The van der Waals surface area contributed by atoms with Crippen molar-refractivity contribution in [2.45, 2.75) is 32.6 Å². The molecule has 3 heteroatoms. The second kappa shape index (κ2) is 6.01. The van der Waals surface area contributed by atoms with Crippen LogP contribution in [0.1, 0.15) is 43.0 Å². The molecular weight excluding hydrogens is 259 g/mol. The molecule has 0 aliphatic rings. The van der Waals surface area contributed by atoms with Crippen LogP contribution in [0.4, 0.5) is 4.39 Å². The Balaban J connectivity index is 2.68. The van der Waals surface area contributed by atoms with E-state index in [4.69, 9.17) is 0 Å². The van der Waals surface area contributed by atoms with Crippen molar-refractivity contribution in [2.75, 3.05) is 0 Å². The maximum Gasteiger partial charge on any atom is 0.164 e. The van der Waals surface area contributed by atoms with E-state index in [1.54, 1.807) is 6.07 Å². The topological polar surface area (TPSA) is 17.1 Å². The largest absolute Gasteiger partial charge is 0.294 e. The molecule has 0 unspecified atom stereocenters. The van der Waals surface area contributed by atoms with Crippen LogP contribution in [0.5, 0.6) is 0 Å². The van der Waals surface area contributed by atoms with Gasteiger partial charge in [-0.05, 0) is 24.6 Å². The van der Waals surface area contributed by atoms with E-state index < -0.39 is 0 Å². The van der Waals surface area contributed by atoms with E-state index in [9.17, 15) is 9.18 Å². The number of Topliss-reactive ketones (excluding diaryl/α,β-unsaturated/α-hetero) is 1. The second-order valence-corrected chi connectivity index (χ2v) is 4.36. The third-order valence-electron chi connectivity index (χ3n) is 2.24. The molecule has 1 nitrogen and oxygen atoms in total. The van der Waals surface area contributed by atoms with Crippen LogP contribution in [-0.2, 0) is 0 Å². The summed E-state index contributed by atoms with van der Waals surface area (Å²) in [7, 11) is 0. The summed E-state index contributed by atoms with van der Waals surface area (Å²) in [5.74, 6) is -0.355. The standard InChI is InChI=1S/C12H14BrFO/c1-2-3-4-5-12(15)10-8-9(14)6-7-11(10)13/h6-8H,2-5H2,1H3. The number of unbranched alkanes of at least 4 members (excludes halogenated alkanes) is 2. The van der Waals surface area contributed by atoms with E-state index in [0.717, 1.165) is 19.3 Å². The van der Waals surface area contributed by atoms with Crippen molar-refractivity contribution in [3.8, 4) is 0 Å². The Morgan fingerprint density at radius 3 is 2.80 bits per heavy atom. The van der Waals surface area contributed by atoms with Crippen LogP contribution in [0.2, 0.25) is 0 Å². The zero-order chi connectivity index (χ0) is 11.3. The van der Waals surface area contributed by atoms with Crippen LogP contribution in [0.15, 0.2) is 22.7 Å². The summed E-state index contributed by atoms with van der Waals surface area (Å²) in [6, 6.07) is 4.20. The molecule has 0 fully saturated rings. The van der Waals surface area contributed by atoms with Gasteiger partial charge in [0.2, 0.25) is 0 Å². The zero-order valence-electron chi connectivity index (χ0n) is 8.72. The molecule has 0 atom stereocenters. The third-order valence-corrected chi connectivity index (χ3v) is 2.93. The fourth-order valence-corrected chi connectivity index (χ4v) is 1.85. The molecule has 15 heavy (non-hydrogen) atoms. The number of ketones is 1. The highest BCUT2D eigenvalue weighted by Crippen LogP contribution is 2.20. The molecule has 0 saturated carbocycles. The molecule has 1 rings (SSSR count). The molecule has 1 aromatic carbocycles. The highest BCUT2D eigenvalue weighted by Gasteiger charge is 2.10. The Labute approximate surface area is 97.8 Å². The van der Waals surface area contributed by atoms with E-state index in [1.807, 2.05) is 0 Å². The van der Waals surface area contributed by atoms with Gasteiger partial charge in [-0.1, -0.05) is 35.7 Å². The summed E-state index contributed by atoms with van der Waals surface area (Å²) in [5.41, 5.74) is 0.450. The Morgan fingerprint density at radius 1 is 1.40 bits per heavy atom. The number of carbonyl (C=O) groups excluding carboxylic acids is 1. The summed E-state index contributed by atoms with van der Waals surface area (Å²) in [4.78, 5) is 11.7. The van der Waals surface area contributed by atoms with Crippen LogP contribution >= 0.6 is 15.9 Å². The van der Waals surface area contributed by atoms with Crippen LogP contribution in [0.25, 0.3) is 0 Å². The number of rotatable bonds is 5. The molecule has 0 amide bonds. The predicted molar refractivity (Wildman–Crippen MR) is 62.6 cm³/mol. The summed E-state index contributed by atoms with van der Waals surface area (Å²) in [6.45, 7) is 2.09. The van der Waals surface area contributed by atoms with E-state index in [-0.39, 0.29) is 11.6 Å². The molecule has 82 valence electrons. The summed E-state index contributed by atoms with van der Waals surface area (Å²) in [5, 5.41) is 0. The van der Waals surface area contributed by atoms with Crippen LogP contribution in [-0.4, -0.2) is 5.78 Å². The smallest absolute Gasteiger partial charge is 0.164 e. The first-order chi connectivity index (χ1) is 7.15. The lowest BCUT2D eigenvalue weighted by atomic mass is 10.0. The number of carbonyl (C=O) groups is 1. The number of hydrogen-bond acceptors (Lipinski definition) is 1. The molecule has 0 bridgehead atoms. The predicted octanol–water partition coefficient (Wildman–Crippen LogP) is 4.35. The van der Waals surface area contributed by atoms with Crippen molar-refractivity contribution in [2.24, 2.45) is 0 Å². The molecule has 0 spiro atoms. The quantitative estimate of drug-likeness (QED) is 0.575. The summed E-state index contributed by atoms with van der Waals surface area (Å²) in [6.07, 6.45) is 3.49. The average molecular weight is 273 g/mol. The van der Waals surface area contributed by atoms with Crippen molar-refractivity contribution in [1.29, 1.82) is 0 Å². The molecule has 0 aromatic heterocycles. The number of halogens is 2. The molecule has 0 saturated heterocycles. The lowest BCUT2D eigenvalue weighted by Crippen LogP contribution is -2.00. The molecule has 0 radical (unpaired) electrons. The molecule has 0 heterocycles. The fourth-order valence-electron chi connectivity index (χ4n) is 1.38. The van der Waals surface area contributed by atoms with Gasteiger partial charge in [-0.3, -0.25) is 4.79 Å². The van der Waals surface area contributed by atoms with Gasteiger partial charge >= 0.3 is 0 Å². The minimum absolute atomic E-state index is 0.00910. The van der Waals surface area contributed by atoms with E-state index in [2.05, 4.69) is 22.9 Å². The Morgan fingerprint density at radius 2 is 2.13 bits per heavy atom. The summed E-state index contributed by atoms with van der Waals surface area (Å²) < 4.78 is 13.6. The van der Waals surface area contributed by atoms with Crippen LogP contribution in [0, 0.1) is 5.82 Å². The normalized spacial score (nSPS) is 10.3. The molecule has 1 aromatic rings. The minimum atomic E-state index is -0.364. The van der Waals surface area contributed by atoms with Gasteiger partial charge in [0.05, 0.1) is 0 Å². The third kappa shape index (κ3) is 3.74. The first-order valence-electron chi connectivity index (χ1n) is 5.13. The van der Waals surface area contributed by atoms with Crippen LogP contribution < -0.4 is 0 Å². The van der Waals surface area contributed by atoms with E-state index in [1.165, 1.54) is 12.1 Å². The highest BCUT2D eigenvalue weighted by atomic mass is 79.9. The molecular formula is C12H14BrFO. The van der Waals surface area contributed by atoms with Crippen molar-refractivity contribution in [1.82, 2.24) is 0 Å². The zero-order valence-corrected chi connectivity index (χ0v) is 10.3. The SMILES string of the molecule is CCCCCC(=O)c1cc(F)ccc1Br. The summed E-state index contributed by atoms with van der Waals surface area (Å²) >= 11 is 3.25. The van der Waals surface area contributed by atoms with Crippen molar-refractivity contribution >= 4 is 21.7 Å². The number of hydrogen-bond donors (Lipinski definition) is 0. The van der Waals surface area contributed by atoms with Gasteiger partial charge in [0.25, 0.3) is 0 Å². The Kier molecular flexibility index (Phi) is 4.95. The maximum atomic E-state index is 12.9.